The highest BCUT2D eigenvalue weighted by atomic mass is 15.5. The molecule has 0 saturated heterocycles. The SMILES string of the molecule is C.CN(C)C.CN(C)C(N(C)C)N(C)C.CN(C)CC(CN(C)C)CN(C)C.CN(C)CN(C)C.CN(C)CN(C)CN(C)CN(C)C. The van der Waals surface area contributed by atoms with Gasteiger partial charge in [0.05, 0.1) is 20.0 Å². The van der Waals surface area contributed by atoms with Gasteiger partial charge in [0.25, 0.3) is 0 Å². The van der Waals surface area contributed by atoms with Crippen molar-refractivity contribution in [3.63, 3.8) is 0 Å². The van der Waals surface area contributed by atoms with Crippen molar-refractivity contribution in [3.05, 3.63) is 0 Å². The molecular formula is C35H95N13. The molecule has 0 spiro atoms. The average Bonchev–Trinajstić information content (AvgIpc) is 2.75. The van der Waals surface area contributed by atoms with Gasteiger partial charge in [0.15, 0.2) is 0 Å². The van der Waals surface area contributed by atoms with E-state index in [2.05, 4.69) is 214 Å². The summed E-state index contributed by atoms with van der Waals surface area (Å²) in [4.78, 5) is 28.4. The molecule has 0 amide bonds. The summed E-state index contributed by atoms with van der Waals surface area (Å²) in [5.41, 5.74) is 0. The molecule has 0 heterocycles. The van der Waals surface area contributed by atoms with Gasteiger partial charge in [-0.15, -0.1) is 0 Å². The van der Waals surface area contributed by atoms with E-state index in [9.17, 15) is 0 Å². The molecule has 0 radical (unpaired) electrons. The molecule has 13 nitrogen and oxygen atoms in total. The largest absolute Gasteiger partial charge is 0.312 e. The van der Waals surface area contributed by atoms with Crippen LogP contribution in [0.4, 0.5) is 0 Å². The highest BCUT2D eigenvalue weighted by Gasteiger charge is 2.15. The molecule has 0 saturated carbocycles. The van der Waals surface area contributed by atoms with Crippen LogP contribution in [0, 0.1) is 5.92 Å². The summed E-state index contributed by atoms with van der Waals surface area (Å²) in [5.74, 6) is 0.736. The Bertz CT molecular complexity index is 546. The van der Waals surface area contributed by atoms with Crippen LogP contribution in [0.1, 0.15) is 7.43 Å². The van der Waals surface area contributed by atoms with E-state index < -0.39 is 0 Å². The van der Waals surface area contributed by atoms with E-state index in [0.717, 1.165) is 52.2 Å². The normalized spacial score (nSPS) is 11.8. The molecule has 0 aromatic carbocycles. The van der Waals surface area contributed by atoms with Gasteiger partial charge in [-0.1, -0.05) is 7.43 Å². The third-order valence-corrected chi connectivity index (χ3v) is 5.35. The Balaban J connectivity index is -0.000000119. The van der Waals surface area contributed by atoms with E-state index in [1.807, 2.05) is 26.0 Å². The van der Waals surface area contributed by atoms with Gasteiger partial charge in [-0.25, -0.2) is 0 Å². The predicted molar refractivity (Wildman–Crippen MR) is 220 cm³/mol. The molecule has 0 N–H and O–H groups in total. The van der Waals surface area contributed by atoms with Crippen molar-refractivity contribution in [2.24, 2.45) is 5.92 Å². The maximum Gasteiger partial charge on any atom is 0.118 e. The first kappa shape index (κ1) is 59.6. The zero-order valence-electron chi connectivity index (χ0n) is 36.9. The molecule has 0 aromatic heterocycles. The topological polar surface area (TPSA) is 42.1 Å². The Hall–Kier alpha value is -0.520. The van der Waals surface area contributed by atoms with Gasteiger partial charge in [-0.05, 0) is 182 Å². The van der Waals surface area contributed by atoms with Crippen molar-refractivity contribution in [3.8, 4) is 0 Å². The van der Waals surface area contributed by atoms with Crippen molar-refractivity contribution in [1.29, 1.82) is 0 Å². The van der Waals surface area contributed by atoms with Crippen molar-refractivity contribution >= 4 is 0 Å². The highest BCUT2D eigenvalue weighted by molar-refractivity contribution is 4.67. The van der Waals surface area contributed by atoms with Gasteiger partial charge < -0.3 is 19.6 Å². The second kappa shape index (κ2) is 36.3. The van der Waals surface area contributed by atoms with Crippen molar-refractivity contribution in [1.82, 2.24) is 63.7 Å². The van der Waals surface area contributed by atoms with Gasteiger partial charge in [-0.2, -0.15) is 0 Å². The number of hydrogen-bond donors (Lipinski definition) is 0. The summed E-state index contributed by atoms with van der Waals surface area (Å²) in [7, 11) is 52.1. The quantitative estimate of drug-likeness (QED) is 0.203. The molecule has 0 unspecified atom stereocenters. The molecule has 0 aromatic rings. The van der Waals surface area contributed by atoms with E-state index in [-0.39, 0.29) is 7.43 Å². The lowest BCUT2D eigenvalue weighted by atomic mass is 10.1. The smallest absolute Gasteiger partial charge is 0.118 e. The van der Waals surface area contributed by atoms with Gasteiger partial charge in [0.2, 0.25) is 0 Å². The number of rotatable bonds is 17. The monoisotopic (exact) mass is 698 g/mol. The number of hydrogen-bond acceptors (Lipinski definition) is 13. The van der Waals surface area contributed by atoms with Crippen LogP contribution >= 0.6 is 0 Å². The summed E-state index contributed by atoms with van der Waals surface area (Å²) in [6, 6.07) is 0. The summed E-state index contributed by atoms with van der Waals surface area (Å²) in [6.45, 7) is 7.51. The Morgan fingerprint density at radius 1 is 0.292 bits per heavy atom. The summed E-state index contributed by atoms with van der Waals surface area (Å²) < 4.78 is 0. The highest BCUT2D eigenvalue weighted by Crippen LogP contribution is 2.01. The molecule has 0 aliphatic heterocycles. The van der Waals surface area contributed by atoms with E-state index >= 15 is 0 Å². The van der Waals surface area contributed by atoms with Crippen molar-refractivity contribution in [2.75, 3.05) is 223 Å². The Morgan fingerprint density at radius 2 is 0.500 bits per heavy atom. The summed E-state index contributed by atoms with van der Waals surface area (Å²) in [6.07, 6.45) is 0.389. The molecule has 48 heavy (non-hydrogen) atoms. The van der Waals surface area contributed by atoms with Crippen LogP contribution in [0.2, 0.25) is 0 Å². The minimum atomic E-state index is 0. The minimum Gasteiger partial charge on any atom is -0.312 e. The predicted octanol–water partition coefficient (Wildman–Crippen LogP) is 0.969. The van der Waals surface area contributed by atoms with Crippen molar-refractivity contribution in [2.45, 2.75) is 13.7 Å². The number of nitrogens with zero attached hydrogens (tertiary/aromatic N) is 13. The second-order valence-corrected chi connectivity index (χ2v) is 15.8. The van der Waals surface area contributed by atoms with Crippen LogP contribution in [-0.4, -0.2) is 292 Å². The molecular weight excluding hydrogens is 602 g/mol. The molecule has 0 fully saturated rings. The zero-order valence-corrected chi connectivity index (χ0v) is 36.9. The molecule has 0 atom stereocenters. The summed E-state index contributed by atoms with van der Waals surface area (Å²) in [5, 5.41) is 0. The fraction of sp³-hybridized carbons (Fsp3) is 1.00. The minimum absolute atomic E-state index is 0. The van der Waals surface area contributed by atoms with Crippen LogP contribution in [0.5, 0.6) is 0 Å². The average molecular weight is 698 g/mol. The van der Waals surface area contributed by atoms with E-state index in [1.165, 1.54) is 0 Å². The first-order chi connectivity index (χ1) is 21.1. The van der Waals surface area contributed by atoms with Crippen LogP contribution in [0.15, 0.2) is 0 Å². The Kier molecular flexibility index (Phi) is 45.1. The fourth-order valence-corrected chi connectivity index (χ4v) is 5.14. The van der Waals surface area contributed by atoms with Crippen LogP contribution in [0.25, 0.3) is 0 Å². The zero-order chi connectivity index (χ0) is 38.6. The molecule has 0 rings (SSSR count). The first-order valence-electron chi connectivity index (χ1n) is 16.7. The third kappa shape index (κ3) is 57.7. The molecule has 300 valence electrons. The van der Waals surface area contributed by atoms with E-state index in [1.54, 1.807) is 0 Å². The van der Waals surface area contributed by atoms with Crippen LogP contribution in [-0.2, 0) is 0 Å². The van der Waals surface area contributed by atoms with E-state index in [0.29, 0.717) is 6.29 Å². The first-order valence-corrected chi connectivity index (χ1v) is 16.7. The standard InChI is InChI=1S/C10H25N3.C9H24N4.C7H19N3.C5H14N2.C3H9N.CH4/c1-11(2)7-10(8-12(3)4)9-13(5)6;1-10(2)7-12(5)9-13(6)8-11(3)4;1-8(2)7(9(3)4)10(5)6;1-6(2)5-7(3)4;1-4(2)3;/h10H,7-9H2,1-6H3;7-9H2,1-6H3;7H,1-6H3;5H2,1-4H3;1-3H3;1H4. The second-order valence-electron chi connectivity index (χ2n) is 15.8. The van der Waals surface area contributed by atoms with Gasteiger partial charge in [-0.3, -0.25) is 44.1 Å². The van der Waals surface area contributed by atoms with E-state index in [4.69, 9.17) is 0 Å². The maximum atomic E-state index is 2.28. The maximum absolute atomic E-state index is 2.28. The Labute approximate surface area is 305 Å². The lowest BCUT2D eigenvalue weighted by molar-refractivity contribution is 0.00961. The lowest BCUT2D eigenvalue weighted by Gasteiger charge is -2.35. The molecule has 0 aliphatic rings. The van der Waals surface area contributed by atoms with Crippen LogP contribution in [0.3, 0.4) is 0 Å². The van der Waals surface area contributed by atoms with Gasteiger partial charge in [0.1, 0.15) is 6.29 Å². The third-order valence-electron chi connectivity index (χ3n) is 5.35. The summed E-state index contributed by atoms with van der Waals surface area (Å²) >= 11 is 0. The van der Waals surface area contributed by atoms with Crippen LogP contribution < -0.4 is 0 Å². The Morgan fingerprint density at radius 3 is 0.604 bits per heavy atom. The molecule has 0 bridgehead atoms. The fourth-order valence-electron chi connectivity index (χ4n) is 5.14. The van der Waals surface area contributed by atoms with Crippen molar-refractivity contribution < 1.29 is 0 Å². The van der Waals surface area contributed by atoms with Gasteiger partial charge >= 0.3 is 0 Å². The molecule has 0 aliphatic carbocycles. The lowest BCUT2D eigenvalue weighted by Crippen LogP contribution is -2.50. The van der Waals surface area contributed by atoms with Gasteiger partial charge in [0, 0.05) is 26.3 Å². The molecule has 13 heteroatoms.